The van der Waals surface area contributed by atoms with Crippen LogP contribution in [0, 0.1) is 11.3 Å². The number of ether oxygens (including phenoxy) is 2. The number of benzene rings is 1. The molecule has 0 aliphatic carbocycles. The van der Waals surface area contributed by atoms with Crippen molar-refractivity contribution >= 4 is 15.9 Å². The Kier molecular flexibility index (Phi) is 4.23. The number of rotatable bonds is 3. The third kappa shape index (κ3) is 3.26. The number of nitrogens with zero attached hydrogens (tertiary/aromatic N) is 3. The summed E-state index contributed by atoms with van der Waals surface area (Å²) < 4.78 is 14.1. The molecule has 0 amide bonds. The van der Waals surface area contributed by atoms with Crippen molar-refractivity contribution in [2.45, 2.75) is 25.5 Å². The van der Waals surface area contributed by atoms with Crippen molar-refractivity contribution in [2.75, 3.05) is 6.61 Å². The highest BCUT2D eigenvalue weighted by molar-refractivity contribution is 9.10. The van der Waals surface area contributed by atoms with Crippen molar-refractivity contribution in [3.63, 3.8) is 0 Å². The van der Waals surface area contributed by atoms with Gasteiger partial charge in [-0.3, -0.25) is 0 Å². The number of nitriles is 1. The normalized spacial score (nSPS) is 18.2. The van der Waals surface area contributed by atoms with E-state index in [1.165, 1.54) is 0 Å². The number of aromatic nitrogens is 2. The molecule has 0 radical (unpaired) electrons. The molecule has 2 heterocycles. The van der Waals surface area contributed by atoms with E-state index in [1.54, 1.807) is 29.2 Å². The largest absolute Gasteiger partial charge is 0.453 e. The van der Waals surface area contributed by atoms with Gasteiger partial charge >= 0.3 is 0 Å². The predicted molar refractivity (Wildman–Crippen MR) is 80.0 cm³/mol. The molecular formula is C15H14BrN3O2. The second-order valence-electron chi connectivity index (χ2n) is 4.83. The molecule has 0 bridgehead atoms. The smallest absolute Gasteiger partial charge is 0.165 e. The Morgan fingerprint density at radius 3 is 3.10 bits per heavy atom. The van der Waals surface area contributed by atoms with Crippen LogP contribution in [0.1, 0.15) is 31.1 Å². The Morgan fingerprint density at radius 2 is 2.33 bits per heavy atom. The molecular weight excluding hydrogens is 334 g/mol. The molecule has 1 aliphatic heterocycles. The van der Waals surface area contributed by atoms with E-state index in [-0.39, 0.29) is 6.23 Å². The van der Waals surface area contributed by atoms with Gasteiger partial charge in [0.05, 0.1) is 18.0 Å². The molecule has 21 heavy (non-hydrogen) atoms. The Labute approximate surface area is 131 Å². The lowest BCUT2D eigenvalue weighted by Crippen LogP contribution is -2.18. The van der Waals surface area contributed by atoms with E-state index in [9.17, 15) is 0 Å². The predicted octanol–water partition coefficient (Wildman–Crippen LogP) is 4.01. The molecule has 1 unspecified atom stereocenters. The molecule has 1 aromatic heterocycles. The van der Waals surface area contributed by atoms with Crippen LogP contribution in [0.3, 0.4) is 0 Å². The number of halogens is 1. The van der Waals surface area contributed by atoms with Gasteiger partial charge in [-0.25, -0.2) is 4.68 Å². The van der Waals surface area contributed by atoms with E-state index in [4.69, 9.17) is 14.7 Å². The summed E-state index contributed by atoms with van der Waals surface area (Å²) in [5.74, 6) is 1.11. The first kappa shape index (κ1) is 14.1. The van der Waals surface area contributed by atoms with Gasteiger partial charge in [0, 0.05) is 11.1 Å². The zero-order valence-electron chi connectivity index (χ0n) is 11.3. The molecule has 1 fully saturated rings. The lowest BCUT2D eigenvalue weighted by molar-refractivity contribution is -0.0395. The van der Waals surface area contributed by atoms with Crippen LogP contribution in [0.5, 0.6) is 11.5 Å². The van der Waals surface area contributed by atoms with E-state index in [2.05, 4.69) is 27.1 Å². The minimum atomic E-state index is -0.0194. The summed E-state index contributed by atoms with van der Waals surface area (Å²) in [7, 11) is 0. The van der Waals surface area contributed by atoms with Gasteiger partial charge in [0.25, 0.3) is 0 Å². The van der Waals surface area contributed by atoms with Crippen LogP contribution in [-0.2, 0) is 4.74 Å². The average Bonchev–Trinajstić information content (AvgIpc) is 2.97. The van der Waals surface area contributed by atoms with Gasteiger partial charge in [-0.1, -0.05) is 15.9 Å². The minimum Gasteiger partial charge on any atom is -0.453 e. The summed E-state index contributed by atoms with van der Waals surface area (Å²) in [6.07, 6.45) is 6.63. The van der Waals surface area contributed by atoms with Crippen molar-refractivity contribution in [3.05, 3.63) is 40.6 Å². The molecule has 6 heteroatoms. The molecule has 1 atom stereocenters. The zero-order valence-corrected chi connectivity index (χ0v) is 12.9. The standard InChI is InChI=1S/C15H14BrN3O2/c16-12-5-4-11(8-17)14(7-12)21-13-9-18-19(10-13)15-3-1-2-6-20-15/h4-5,7,9-10,15H,1-3,6H2. The SMILES string of the molecule is N#Cc1ccc(Br)cc1Oc1cnn(C2CCCCO2)c1. The molecule has 3 rings (SSSR count). The maximum Gasteiger partial charge on any atom is 0.165 e. The molecule has 1 aliphatic rings. The Morgan fingerprint density at radius 1 is 1.43 bits per heavy atom. The maximum absolute atomic E-state index is 9.11. The highest BCUT2D eigenvalue weighted by Crippen LogP contribution is 2.29. The van der Waals surface area contributed by atoms with Gasteiger partial charge in [-0.05, 0) is 37.5 Å². The molecule has 5 nitrogen and oxygen atoms in total. The van der Waals surface area contributed by atoms with Crippen molar-refractivity contribution in [3.8, 4) is 17.6 Å². The highest BCUT2D eigenvalue weighted by atomic mass is 79.9. The van der Waals surface area contributed by atoms with Crippen LogP contribution in [-0.4, -0.2) is 16.4 Å². The first-order valence-corrected chi connectivity index (χ1v) is 7.59. The topological polar surface area (TPSA) is 60.1 Å². The molecule has 108 valence electrons. The van der Waals surface area contributed by atoms with Gasteiger partial charge in [0.2, 0.25) is 0 Å². The van der Waals surface area contributed by atoms with Gasteiger partial charge in [-0.15, -0.1) is 0 Å². The summed E-state index contributed by atoms with van der Waals surface area (Å²) in [6, 6.07) is 7.41. The van der Waals surface area contributed by atoms with Gasteiger partial charge < -0.3 is 9.47 Å². The molecule has 1 saturated heterocycles. The lowest BCUT2D eigenvalue weighted by Gasteiger charge is -2.22. The van der Waals surface area contributed by atoms with Crippen molar-refractivity contribution in [1.82, 2.24) is 9.78 Å². The highest BCUT2D eigenvalue weighted by Gasteiger charge is 2.17. The second-order valence-corrected chi connectivity index (χ2v) is 5.75. The second kappa shape index (κ2) is 6.29. The van der Waals surface area contributed by atoms with Crippen LogP contribution in [0.25, 0.3) is 0 Å². The van der Waals surface area contributed by atoms with Crippen molar-refractivity contribution in [1.29, 1.82) is 5.26 Å². The van der Waals surface area contributed by atoms with Crippen LogP contribution in [0.2, 0.25) is 0 Å². The zero-order chi connectivity index (χ0) is 14.7. The summed E-state index contributed by atoms with van der Waals surface area (Å²) >= 11 is 3.38. The molecule has 1 aromatic carbocycles. The first-order valence-electron chi connectivity index (χ1n) is 6.79. The summed E-state index contributed by atoms with van der Waals surface area (Å²) in [4.78, 5) is 0. The van der Waals surface area contributed by atoms with Crippen molar-refractivity contribution in [2.24, 2.45) is 0 Å². The van der Waals surface area contributed by atoms with E-state index < -0.39 is 0 Å². The van der Waals surface area contributed by atoms with E-state index in [0.29, 0.717) is 17.1 Å². The van der Waals surface area contributed by atoms with E-state index >= 15 is 0 Å². The van der Waals surface area contributed by atoms with Crippen LogP contribution < -0.4 is 4.74 Å². The lowest BCUT2D eigenvalue weighted by atomic mass is 10.2. The average molecular weight is 348 g/mol. The van der Waals surface area contributed by atoms with E-state index in [1.807, 2.05) is 6.07 Å². The maximum atomic E-state index is 9.11. The molecule has 0 spiro atoms. The van der Waals surface area contributed by atoms with Gasteiger partial charge in [0.15, 0.2) is 5.75 Å². The first-order chi connectivity index (χ1) is 10.3. The summed E-state index contributed by atoms with van der Waals surface area (Å²) in [5.41, 5.74) is 0.486. The van der Waals surface area contributed by atoms with Crippen LogP contribution >= 0.6 is 15.9 Å². The Bertz CT molecular complexity index is 672. The Hall–Kier alpha value is -1.84. The summed E-state index contributed by atoms with van der Waals surface area (Å²) in [5, 5.41) is 13.4. The quantitative estimate of drug-likeness (QED) is 0.841. The monoisotopic (exact) mass is 347 g/mol. The molecule has 0 N–H and O–H groups in total. The fourth-order valence-corrected chi connectivity index (χ4v) is 2.60. The van der Waals surface area contributed by atoms with E-state index in [0.717, 1.165) is 30.3 Å². The summed E-state index contributed by atoms with van der Waals surface area (Å²) in [6.45, 7) is 0.769. The van der Waals surface area contributed by atoms with Crippen LogP contribution in [0.4, 0.5) is 0 Å². The Balaban J connectivity index is 1.78. The molecule has 0 saturated carbocycles. The number of hydrogen-bond acceptors (Lipinski definition) is 4. The van der Waals surface area contributed by atoms with Crippen molar-refractivity contribution < 1.29 is 9.47 Å². The fourth-order valence-electron chi connectivity index (χ4n) is 2.26. The van der Waals surface area contributed by atoms with Gasteiger partial charge in [0.1, 0.15) is 18.0 Å². The number of hydrogen-bond donors (Lipinski definition) is 0. The van der Waals surface area contributed by atoms with Gasteiger partial charge in [-0.2, -0.15) is 10.4 Å². The fraction of sp³-hybridized carbons (Fsp3) is 0.333. The van der Waals surface area contributed by atoms with Crippen LogP contribution in [0.15, 0.2) is 35.1 Å². The third-order valence-corrected chi connectivity index (χ3v) is 3.81. The third-order valence-electron chi connectivity index (χ3n) is 3.32. The molecule has 2 aromatic rings. The minimum absolute atomic E-state index is 0.0194.